The number of hydrogen-bond acceptors (Lipinski definition) is 5. The van der Waals surface area contributed by atoms with Crippen molar-refractivity contribution in [2.75, 3.05) is 10.6 Å². The molecule has 0 bridgehead atoms. The summed E-state index contributed by atoms with van der Waals surface area (Å²) in [7, 11) is 0. The summed E-state index contributed by atoms with van der Waals surface area (Å²) in [4.78, 5) is 37.9. The van der Waals surface area contributed by atoms with Gasteiger partial charge in [0.2, 0.25) is 5.91 Å². The fraction of sp³-hybridized carbons (Fsp3) is 0.318. The molecule has 1 aliphatic heterocycles. The number of fused-ring (bicyclic) bond motifs is 1. The van der Waals surface area contributed by atoms with E-state index in [2.05, 4.69) is 10.6 Å². The Balaban J connectivity index is 1.57. The topological polar surface area (TPSA) is 84.5 Å². The third-order valence-corrected chi connectivity index (χ3v) is 5.85. The molecule has 2 amide bonds. The summed E-state index contributed by atoms with van der Waals surface area (Å²) in [5.74, 6) is -0.989. The molecule has 0 aromatic heterocycles. The molecule has 29 heavy (non-hydrogen) atoms. The van der Waals surface area contributed by atoms with Crippen molar-refractivity contribution in [3.8, 4) is 0 Å². The Hall–Kier alpha value is -2.80. The van der Waals surface area contributed by atoms with Gasteiger partial charge in [0.25, 0.3) is 5.91 Å². The molecule has 0 aliphatic carbocycles. The van der Waals surface area contributed by atoms with Gasteiger partial charge in [-0.2, -0.15) is 0 Å². The zero-order valence-corrected chi connectivity index (χ0v) is 17.4. The summed E-state index contributed by atoms with van der Waals surface area (Å²) in [6.45, 7) is 5.60. The molecule has 0 saturated heterocycles. The van der Waals surface area contributed by atoms with Crippen molar-refractivity contribution in [2.24, 2.45) is 0 Å². The second kappa shape index (κ2) is 9.13. The molecule has 1 heterocycles. The van der Waals surface area contributed by atoms with Crippen LogP contribution in [-0.2, 0) is 19.1 Å². The fourth-order valence-corrected chi connectivity index (χ4v) is 4.12. The number of amides is 2. The average molecular weight is 413 g/mol. The average Bonchev–Trinajstić information content (AvgIpc) is 2.68. The van der Waals surface area contributed by atoms with Crippen LogP contribution in [0.2, 0.25) is 0 Å². The maximum Gasteiger partial charge on any atom is 0.308 e. The zero-order chi connectivity index (χ0) is 21.0. The number of thioether (sulfide) groups is 1. The van der Waals surface area contributed by atoms with Crippen molar-refractivity contribution in [1.82, 2.24) is 0 Å². The van der Waals surface area contributed by atoms with E-state index in [-0.39, 0.29) is 18.2 Å². The highest BCUT2D eigenvalue weighted by Crippen LogP contribution is 2.36. The predicted molar refractivity (Wildman–Crippen MR) is 114 cm³/mol. The third-order valence-electron chi connectivity index (χ3n) is 4.58. The van der Waals surface area contributed by atoms with Crippen LogP contribution in [0.25, 0.3) is 0 Å². The molecule has 0 saturated carbocycles. The van der Waals surface area contributed by atoms with E-state index in [1.807, 2.05) is 62.4 Å². The van der Waals surface area contributed by atoms with Crippen LogP contribution >= 0.6 is 11.8 Å². The third kappa shape index (κ3) is 5.17. The van der Waals surface area contributed by atoms with Gasteiger partial charge in [-0.3, -0.25) is 14.4 Å². The molecule has 0 spiro atoms. The Kier molecular flexibility index (Phi) is 6.59. The van der Waals surface area contributed by atoms with Gasteiger partial charge < -0.3 is 15.4 Å². The van der Waals surface area contributed by atoms with E-state index in [0.717, 1.165) is 16.1 Å². The van der Waals surface area contributed by atoms with E-state index in [9.17, 15) is 14.4 Å². The minimum absolute atomic E-state index is 0.106. The van der Waals surface area contributed by atoms with Crippen LogP contribution in [-0.4, -0.2) is 29.1 Å². The number of benzene rings is 2. The van der Waals surface area contributed by atoms with E-state index in [1.54, 1.807) is 0 Å². The number of carbonyl (C=O) groups excluding carboxylic acids is 3. The minimum atomic E-state index is -0.966. The first-order chi connectivity index (χ1) is 13.8. The highest BCUT2D eigenvalue weighted by atomic mass is 32.2. The monoisotopic (exact) mass is 412 g/mol. The van der Waals surface area contributed by atoms with E-state index in [1.165, 1.54) is 18.7 Å². The van der Waals surface area contributed by atoms with E-state index < -0.39 is 23.2 Å². The van der Waals surface area contributed by atoms with Crippen molar-refractivity contribution in [2.45, 2.75) is 49.4 Å². The minimum Gasteiger partial charge on any atom is -0.452 e. The van der Waals surface area contributed by atoms with Crippen LogP contribution in [0.4, 0.5) is 11.4 Å². The molecule has 2 N–H and O–H groups in total. The normalized spacial score (nSPS) is 16.6. The van der Waals surface area contributed by atoms with Gasteiger partial charge in [0.1, 0.15) is 0 Å². The SMILES string of the molecule is CC(C)c1ccccc1NC(=O)[C@@H](C)OC(=O)C[C@@H]1Sc2ccccc2NC1=O. The Morgan fingerprint density at radius 2 is 1.79 bits per heavy atom. The quantitative estimate of drug-likeness (QED) is 0.695. The van der Waals surface area contributed by atoms with Crippen LogP contribution in [0.1, 0.15) is 38.7 Å². The Bertz CT molecular complexity index is 929. The van der Waals surface area contributed by atoms with Gasteiger partial charge in [-0.05, 0) is 36.6 Å². The van der Waals surface area contributed by atoms with Gasteiger partial charge in [-0.25, -0.2) is 0 Å². The van der Waals surface area contributed by atoms with E-state index in [0.29, 0.717) is 5.69 Å². The van der Waals surface area contributed by atoms with Crippen molar-refractivity contribution < 1.29 is 19.1 Å². The van der Waals surface area contributed by atoms with Crippen LogP contribution in [0.3, 0.4) is 0 Å². The number of hydrogen-bond donors (Lipinski definition) is 2. The van der Waals surface area contributed by atoms with Gasteiger partial charge in [0.05, 0.1) is 17.4 Å². The number of ether oxygens (including phenoxy) is 1. The van der Waals surface area contributed by atoms with Crippen molar-refractivity contribution >= 4 is 40.9 Å². The molecular formula is C22H24N2O4S. The van der Waals surface area contributed by atoms with E-state index >= 15 is 0 Å². The highest BCUT2D eigenvalue weighted by Gasteiger charge is 2.30. The lowest BCUT2D eigenvalue weighted by molar-refractivity contribution is -0.153. The molecule has 0 unspecified atom stereocenters. The number of rotatable bonds is 6. The lowest BCUT2D eigenvalue weighted by atomic mass is 10.0. The lowest BCUT2D eigenvalue weighted by Crippen LogP contribution is -2.34. The van der Waals surface area contributed by atoms with Crippen LogP contribution < -0.4 is 10.6 Å². The largest absolute Gasteiger partial charge is 0.452 e. The molecule has 3 rings (SSSR count). The van der Waals surface area contributed by atoms with E-state index in [4.69, 9.17) is 4.74 Å². The number of esters is 1. The summed E-state index contributed by atoms with van der Waals surface area (Å²) < 4.78 is 5.28. The van der Waals surface area contributed by atoms with Gasteiger partial charge in [0, 0.05) is 10.6 Å². The second-order valence-electron chi connectivity index (χ2n) is 7.16. The van der Waals surface area contributed by atoms with Gasteiger partial charge in [0.15, 0.2) is 6.10 Å². The molecule has 152 valence electrons. The Labute approximate surface area is 174 Å². The summed E-state index contributed by atoms with van der Waals surface area (Å²) in [6, 6.07) is 15.0. The molecule has 2 atom stereocenters. The van der Waals surface area contributed by atoms with Crippen LogP contribution in [0.5, 0.6) is 0 Å². The van der Waals surface area contributed by atoms with Crippen molar-refractivity contribution in [3.05, 3.63) is 54.1 Å². The van der Waals surface area contributed by atoms with Crippen LogP contribution in [0, 0.1) is 0 Å². The van der Waals surface area contributed by atoms with Crippen LogP contribution in [0.15, 0.2) is 53.4 Å². The zero-order valence-electron chi connectivity index (χ0n) is 16.6. The summed E-state index contributed by atoms with van der Waals surface area (Å²) in [6.07, 6.45) is -1.07. The maximum atomic E-state index is 12.5. The number of para-hydroxylation sites is 2. The summed E-state index contributed by atoms with van der Waals surface area (Å²) in [5.41, 5.74) is 2.45. The lowest BCUT2D eigenvalue weighted by Gasteiger charge is -2.24. The van der Waals surface area contributed by atoms with Gasteiger partial charge in [-0.15, -0.1) is 11.8 Å². The molecule has 2 aromatic carbocycles. The molecule has 0 radical (unpaired) electrons. The molecular weight excluding hydrogens is 388 g/mol. The Morgan fingerprint density at radius 3 is 2.55 bits per heavy atom. The fourth-order valence-electron chi connectivity index (χ4n) is 3.03. The molecule has 0 fully saturated rings. The first-order valence-electron chi connectivity index (χ1n) is 9.51. The second-order valence-corrected chi connectivity index (χ2v) is 8.40. The maximum absolute atomic E-state index is 12.5. The molecule has 6 nitrogen and oxygen atoms in total. The molecule has 7 heteroatoms. The van der Waals surface area contributed by atoms with Crippen molar-refractivity contribution in [1.29, 1.82) is 0 Å². The Morgan fingerprint density at radius 1 is 1.10 bits per heavy atom. The number of anilines is 2. The van der Waals surface area contributed by atoms with Gasteiger partial charge in [-0.1, -0.05) is 44.2 Å². The number of carbonyl (C=O) groups is 3. The summed E-state index contributed by atoms with van der Waals surface area (Å²) in [5, 5.41) is 5.03. The highest BCUT2D eigenvalue weighted by molar-refractivity contribution is 8.01. The molecule has 2 aromatic rings. The predicted octanol–water partition coefficient (Wildman–Crippen LogP) is 4.18. The standard InChI is InChI=1S/C22H24N2O4S/c1-13(2)15-8-4-5-9-16(15)23-21(26)14(3)28-20(25)12-19-22(27)24-17-10-6-7-11-18(17)29-19/h4-11,13-14,19H,12H2,1-3H3,(H,23,26)(H,24,27)/t14-,19+/m1/s1. The van der Waals surface area contributed by atoms with Gasteiger partial charge >= 0.3 is 5.97 Å². The molecule has 1 aliphatic rings. The van der Waals surface area contributed by atoms with Crippen molar-refractivity contribution in [3.63, 3.8) is 0 Å². The first-order valence-corrected chi connectivity index (χ1v) is 10.4. The first kappa shape index (κ1) is 20.9. The smallest absolute Gasteiger partial charge is 0.308 e. The summed E-state index contributed by atoms with van der Waals surface area (Å²) >= 11 is 1.32. The number of nitrogens with one attached hydrogen (secondary N) is 2.